The molecule has 5 nitrogen and oxygen atoms in total. The summed E-state index contributed by atoms with van der Waals surface area (Å²) in [4.78, 5) is 16.7. The van der Waals surface area contributed by atoms with Gasteiger partial charge in [0.2, 0.25) is 0 Å². The molecule has 2 aromatic carbocycles. The van der Waals surface area contributed by atoms with Gasteiger partial charge in [0, 0.05) is 11.3 Å². The Morgan fingerprint density at radius 3 is 2.73 bits per heavy atom. The second kappa shape index (κ2) is 6.30. The molecule has 1 amide bonds. The molecular formula is C17H16N2O3. The Morgan fingerprint density at radius 1 is 1.14 bits per heavy atom. The van der Waals surface area contributed by atoms with Crippen molar-refractivity contribution in [3.63, 3.8) is 0 Å². The van der Waals surface area contributed by atoms with E-state index in [-0.39, 0.29) is 0 Å². The van der Waals surface area contributed by atoms with Crippen LogP contribution in [-0.4, -0.2) is 18.9 Å². The highest BCUT2D eigenvalue weighted by Crippen LogP contribution is 2.26. The molecular weight excluding hydrogens is 280 g/mol. The van der Waals surface area contributed by atoms with Gasteiger partial charge in [-0.05, 0) is 48.7 Å². The van der Waals surface area contributed by atoms with E-state index in [0.717, 1.165) is 35.4 Å². The first-order valence-electron chi connectivity index (χ1n) is 7.03. The first-order chi connectivity index (χ1) is 10.8. The van der Waals surface area contributed by atoms with Crippen LogP contribution in [0.15, 0.2) is 53.7 Å². The number of aryl methyl sites for hydroxylation is 1. The molecule has 0 atom stereocenters. The Morgan fingerprint density at radius 2 is 1.95 bits per heavy atom. The molecule has 0 spiro atoms. The van der Waals surface area contributed by atoms with Crippen molar-refractivity contribution >= 4 is 17.5 Å². The number of carbonyl (C=O) groups is 1. The van der Waals surface area contributed by atoms with Crippen molar-refractivity contribution in [3.05, 3.63) is 59.7 Å². The number of fused-ring (bicyclic) bond motifs is 1. The van der Waals surface area contributed by atoms with Gasteiger partial charge < -0.3 is 4.74 Å². The molecule has 22 heavy (non-hydrogen) atoms. The number of rotatable bonds is 3. The van der Waals surface area contributed by atoms with Gasteiger partial charge in [-0.15, -0.1) is 0 Å². The maximum atomic E-state index is 11.7. The number of ether oxygens (including phenoxy) is 1. The molecule has 0 aliphatic heterocycles. The van der Waals surface area contributed by atoms with Gasteiger partial charge in [0.1, 0.15) is 5.75 Å². The minimum Gasteiger partial charge on any atom is -0.497 e. The molecule has 0 aromatic heterocycles. The molecule has 0 fully saturated rings. The van der Waals surface area contributed by atoms with E-state index in [1.165, 1.54) is 0 Å². The number of nitrogens with one attached hydrogen (secondary N) is 1. The van der Waals surface area contributed by atoms with Crippen molar-refractivity contribution in [2.75, 3.05) is 12.4 Å². The second-order valence-electron chi connectivity index (χ2n) is 4.93. The van der Waals surface area contributed by atoms with E-state index in [4.69, 9.17) is 9.57 Å². The Balaban J connectivity index is 1.66. The number of para-hydroxylation sites is 1. The van der Waals surface area contributed by atoms with Gasteiger partial charge in [-0.3, -0.25) is 10.2 Å². The number of hydrogen-bond donors (Lipinski definition) is 1. The minimum atomic E-state index is -0.597. The molecule has 0 saturated carbocycles. The van der Waals surface area contributed by atoms with E-state index in [2.05, 4.69) is 10.5 Å². The molecule has 0 bridgehead atoms. The number of hydrogen-bond acceptors (Lipinski definition) is 4. The van der Waals surface area contributed by atoms with Crippen molar-refractivity contribution in [1.29, 1.82) is 0 Å². The van der Waals surface area contributed by atoms with Gasteiger partial charge in [-0.1, -0.05) is 23.4 Å². The van der Waals surface area contributed by atoms with Crippen LogP contribution in [0.1, 0.15) is 17.5 Å². The highest BCUT2D eigenvalue weighted by molar-refractivity contribution is 6.04. The second-order valence-corrected chi connectivity index (χ2v) is 4.93. The third-order valence-electron chi connectivity index (χ3n) is 3.51. The summed E-state index contributed by atoms with van der Waals surface area (Å²) in [5.41, 5.74) is 3.61. The maximum absolute atomic E-state index is 11.7. The summed E-state index contributed by atoms with van der Waals surface area (Å²) >= 11 is 0. The van der Waals surface area contributed by atoms with Gasteiger partial charge >= 0.3 is 6.09 Å². The van der Waals surface area contributed by atoms with E-state index >= 15 is 0 Å². The zero-order chi connectivity index (χ0) is 15.4. The van der Waals surface area contributed by atoms with Crippen LogP contribution in [0.2, 0.25) is 0 Å². The van der Waals surface area contributed by atoms with Crippen LogP contribution in [0.3, 0.4) is 0 Å². The topological polar surface area (TPSA) is 59.9 Å². The summed E-state index contributed by atoms with van der Waals surface area (Å²) in [6.07, 6.45) is 1.02. The zero-order valence-corrected chi connectivity index (χ0v) is 12.2. The lowest BCUT2D eigenvalue weighted by atomic mass is 10.1. The van der Waals surface area contributed by atoms with Crippen molar-refractivity contribution < 1.29 is 14.4 Å². The molecule has 0 radical (unpaired) electrons. The molecule has 112 valence electrons. The molecule has 5 heteroatoms. The van der Waals surface area contributed by atoms with Gasteiger partial charge in [0.15, 0.2) is 0 Å². The van der Waals surface area contributed by atoms with Gasteiger partial charge in [0.25, 0.3) is 0 Å². The fourth-order valence-electron chi connectivity index (χ4n) is 2.43. The van der Waals surface area contributed by atoms with E-state index in [0.29, 0.717) is 5.69 Å². The number of carbonyl (C=O) groups excluding carboxylic acids is 1. The first kappa shape index (κ1) is 14.1. The standard InChI is InChI=1S/C17H16N2O3/c1-21-14-8-9-15-12(11-14)7-10-16(15)19-22-17(20)18-13-5-3-2-4-6-13/h2-6,8-9,11H,7,10H2,1H3,(H,18,20)/b19-16+. The largest absolute Gasteiger partial charge is 0.497 e. The lowest BCUT2D eigenvalue weighted by Gasteiger charge is -2.04. The predicted molar refractivity (Wildman–Crippen MR) is 84.4 cm³/mol. The Labute approximate surface area is 128 Å². The summed E-state index contributed by atoms with van der Waals surface area (Å²) < 4.78 is 5.20. The molecule has 2 aromatic rings. The van der Waals surface area contributed by atoms with Gasteiger partial charge in [-0.25, -0.2) is 4.79 Å². The summed E-state index contributed by atoms with van der Waals surface area (Å²) in [7, 11) is 1.64. The van der Waals surface area contributed by atoms with E-state index in [1.54, 1.807) is 19.2 Å². The number of nitrogens with zero attached hydrogens (tertiary/aromatic N) is 1. The van der Waals surface area contributed by atoms with Crippen LogP contribution in [0.5, 0.6) is 5.75 Å². The van der Waals surface area contributed by atoms with E-state index < -0.39 is 6.09 Å². The highest BCUT2D eigenvalue weighted by Gasteiger charge is 2.19. The number of oxime groups is 1. The normalized spacial score (nSPS) is 14.5. The van der Waals surface area contributed by atoms with E-state index in [9.17, 15) is 4.79 Å². The zero-order valence-electron chi connectivity index (χ0n) is 12.2. The van der Waals surface area contributed by atoms with Crippen LogP contribution in [-0.2, 0) is 11.3 Å². The molecule has 0 heterocycles. The van der Waals surface area contributed by atoms with E-state index in [1.807, 2.05) is 36.4 Å². The number of benzene rings is 2. The smallest absolute Gasteiger partial charge is 0.437 e. The Kier molecular flexibility index (Phi) is 4.05. The SMILES string of the molecule is COc1ccc2c(c1)CC/C2=N\OC(=O)Nc1ccccc1. The number of methoxy groups -OCH3 is 1. The first-order valence-corrected chi connectivity index (χ1v) is 7.03. The summed E-state index contributed by atoms with van der Waals surface area (Å²) in [6, 6.07) is 14.9. The van der Waals surface area contributed by atoms with Gasteiger partial charge in [-0.2, -0.15) is 0 Å². The summed E-state index contributed by atoms with van der Waals surface area (Å²) in [5, 5.41) is 6.60. The molecule has 1 N–H and O–H groups in total. The van der Waals surface area contributed by atoms with Crippen LogP contribution in [0, 0.1) is 0 Å². The fraction of sp³-hybridized carbons (Fsp3) is 0.176. The number of anilines is 1. The van der Waals surface area contributed by atoms with Crippen LogP contribution in [0.4, 0.5) is 10.5 Å². The quantitative estimate of drug-likeness (QED) is 0.695. The molecule has 1 aliphatic carbocycles. The highest BCUT2D eigenvalue weighted by atomic mass is 16.7. The summed E-state index contributed by atoms with van der Waals surface area (Å²) in [5.74, 6) is 0.822. The average molecular weight is 296 g/mol. The van der Waals surface area contributed by atoms with Crippen molar-refractivity contribution in [2.24, 2.45) is 5.16 Å². The van der Waals surface area contributed by atoms with Gasteiger partial charge in [0.05, 0.1) is 12.8 Å². The summed E-state index contributed by atoms with van der Waals surface area (Å²) in [6.45, 7) is 0. The molecule has 1 aliphatic rings. The monoisotopic (exact) mass is 296 g/mol. The predicted octanol–water partition coefficient (Wildman–Crippen LogP) is 3.59. The lowest BCUT2D eigenvalue weighted by Crippen LogP contribution is -2.11. The number of amides is 1. The van der Waals surface area contributed by atoms with Crippen LogP contribution >= 0.6 is 0 Å². The third kappa shape index (κ3) is 3.09. The molecule has 3 rings (SSSR count). The molecule has 0 saturated heterocycles. The fourth-order valence-corrected chi connectivity index (χ4v) is 2.43. The lowest BCUT2D eigenvalue weighted by molar-refractivity contribution is 0.166. The van der Waals surface area contributed by atoms with Crippen molar-refractivity contribution in [2.45, 2.75) is 12.8 Å². The van der Waals surface area contributed by atoms with Crippen molar-refractivity contribution in [3.8, 4) is 5.75 Å². The molecule has 0 unspecified atom stereocenters. The Hall–Kier alpha value is -2.82. The van der Waals surface area contributed by atoms with Crippen molar-refractivity contribution in [1.82, 2.24) is 0 Å². The third-order valence-corrected chi connectivity index (χ3v) is 3.51. The average Bonchev–Trinajstić information content (AvgIpc) is 2.96. The minimum absolute atomic E-state index is 0.597. The van der Waals surface area contributed by atoms with Crippen LogP contribution in [0.25, 0.3) is 0 Å². The van der Waals surface area contributed by atoms with Crippen LogP contribution < -0.4 is 10.1 Å². The Bertz CT molecular complexity index is 711. The maximum Gasteiger partial charge on any atom is 0.437 e.